The second kappa shape index (κ2) is 4.96. The average molecular weight is 292 g/mol. The standard InChI is InChI=1S/C17H16N4O/c18-20-17-19-15-8-4-3-7-14(15)16(22)21(17)13-9-11-5-1-2-6-12(11)10-13/h1-8,13H,9-10,18H2,(H,19,20). The predicted molar refractivity (Wildman–Crippen MR) is 86.7 cm³/mol. The zero-order valence-corrected chi connectivity index (χ0v) is 12.0. The molecule has 1 aromatic heterocycles. The summed E-state index contributed by atoms with van der Waals surface area (Å²) in [6.45, 7) is 0. The maximum Gasteiger partial charge on any atom is 0.263 e. The maximum absolute atomic E-state index is 12.9. The topological polar surface area (TPSA) is 72.9 Å². The predicted octanol–water partition coefficient (Wildman–Crippen LogP) is 2.02. The van der Waals surface area contributed by atoms with Crippen molar-refractivity contribution in [1.29, 1.82) is 0 Å². The Labute approximate surface area is 127 Å². The van der Waals surface area contributed by atoms with E-state index in [9.17, 15) is 4.79 Å². The molecule has 110 valence electrons. The minimum absolute atomic E-state index is 0.0450. The van der Waals surface area contributed by atoms with Gasteiger partial charge in [-0.15, -0.1) is 0 Å². The molecule has 3 N–H and O–H groups in total. The van der Waals surface area contributed by atoms with Crippen molar-refractivity contribution in [3.63, 3.8) is 0 Å². The van der Waals surface area contributed by atoms with Gasteiger partial charge in [0.15, 0.2) is 0 Å². The number of fused-ring (bicyclic) bond motifs is 2. The van der Waals surface area contributed by atoms with Gasteiger partial charge in [0.05, 0.1) is 10.9 Å². The van der Waals surface area contributed by atoms with Gasteiger partial charge in [-0.3, -0.25) is 14.8 Å². The summed E-state index contributed by atoms with van der Waals surface area (Å²) in [4.78, 5) is 17.4. The number of benzene rings is 2. The molecule has 0 aliphatic heterocycles. The third-order valence-electron chi connectivity index (χ3n) is 4.33. The van der Waals surface area contributed by atoms with E-state index in [1.807, 2.05) is 36.4 Å². The van der Waals surface area contributed by atoms with E-state index < -0.39 is 0 Å². The molecule has 2 aromatic carbocycles. The van der Waals surface area contributed by atoms with E-state index in [0.717, 1.165) is 12.8 Å². The minimum atomic E-state index is -0.0450. The van der Waals surface area contributed by atoms with E-state index in [0.29, 0.717) is 16.9 Å². The van der Waals surface area contributed by atoms with Crippen LogP contribution in [0, 0.1) is 0 Å². The lowest BCUT2D eigenvalue weighted by Gasteiger charge is -2.18. The molecular formula is C17H16N4O. The van der Waals surface area contributed by atoms with Crippen LogP contribution in [0.5, 0.6) is 0 Å². The highest BCUT2D eigenvalue weighted by molar-refractivity contribution is 5.78. The third kappa shape index (κ3) is 1.90. The first-order chi connectivity index (χ1) is 10.8. The van der Waals surface area contributed by atoms with E-state index >= 15 is 0 Å². The molecule has 0 unspecified atom stereocenters. The van der Waals surface area contributed by atoms with Gasteiger partial charge in [0.1, 0.15) is 0 Å². The van der Waals surface area contributed by atoms with Gasteiger partial charge in [-0.2, -0.15) is 0 Å². The van der Waals surface area contributed by atoms with Crippen molar-refractivity contribution in [2.75, 3.05) is 5.43 Å². The summed E-state index contributed by atoms with van der Waals surface area (Å²) in [5.74, 6) is 6.03. The van der Waals surface area contributed by atoms with Gasteiger partial charge in [-0.25, -0.2) is 10.8 Å². The second-order valence-electron chi connectivity index (χ2n) is 5.60. The molecule has 0 saturated carbocycles. The Kier molecular flexibility index (Phi) is 2.94. The van der Waals surface area contributed by atoms with E-state index in [2.05, 4.69) is 22.5 Å². The number of nitrogens with zero attached hydrogens (tertiary/aromatic N) is 2. The van der Waals surface area contributed by atoms with Crippen LogP contribution in [-0.2, 0) is 12.8 Å². The fraction of sp³-hybridized carbons (Fsp3) is 0.176. The van der Waals surface area contributed by atoms with Crippen LogP contribution in [0.3, 0.4) is 0 Å². The highest BCUT2D eigenvalue weighted by atomic mass is 16.1. The average Bonchev–Trinajstić information content (AvgIpc) is 2.98. The zero-order valence-electron chi connectivity index (χ0n) is 12.0. The van der Waals surface area contributed by atoms with E-state index in [-0.39, 0.29) is 11.6 Å². The lowest BCUT2D eigenvalue weighted by atomic mass is 10.1. The van der Waals surface area contributed by atoms with Gasteiger partial charge >= 0.3 is 0 Å². The second-order valence-corrected chi connectivity index (χ2v) is 5.60. The summed E-state index contributed by atoms with van der Waals surface area (Å²) in [6.07, 6.45) is 1.65. The van der Waals surface area contributed by atoms with Crippen molar-refractivity contribution in [3.8, 4) is 0 Å². The summed E-state index contributed by atoms with van der Waals surface area (Å²) in [5, 5.41) is 0.623. The number of nitrogen functional groups attached to an aromatic ring is 1. The molecular weight excluding hydrogens is 276 g/mol. The highest BCUT2D eigenvalue weighted by Crippen LogP contribution is 2.30. The molecule has 0 radical (unpaired) electrons. The van der Waals surface area contributed by atoms with Gasteiger partial charge in [-0.1, -0.05) is 36.4 Å². The molecule has 0 fully saturated rings. The molecule has 5 nitrogen and oxygen atoms in total. The summed E-state index contributed by atoms with van der Waals surface area (Å²) in [7, 11) is 0. The number of hydrogen-bond acceptors (Lipinski definition) is 4. The van der Waals surface area contributed by atoms with Crippen molar-refractivity contribution in [2.24, 2.45) is 5.84 Å². The number of aromatic nitrogens is 2. The quantitative estimate of drug-likeness (QED) is 0.560. The summed E-state index contributed by atoms with van der Waals surface area (Å²) >= 11 is 0. The van der Waals surface area contributed by atoms with Gasteiger partial charge in [0, 0.05) is 6.04 Å². The number of hydrogen-bond donors (Lipinski definition) is 2. The van der Waals surface area contributed by atoms with Crippen LogP contribution in [0.1, 0.15) is 17.2 Å². The fourth-order valence-electron chi connectivity index (χ4n) is 3.30. The number of para-hydroxylation sites is 1. The Balaban J connectivity index is 1.89. The van der Waals surface area contributed by atoms with Crippen LogP contribution in [0.2, 0.25) is 0 Å². The van der Waals surface area contributed by atoms with Crippen molar-refractivity contribution >= 4 is 16.9 Å². The molecule has 5 heteroatoms. The van der Waals surface area contributed by atoms with Crippen LogP contribution in [0.4, 0.5) is 5.95 Å². The van der Waals surface area contributed by atoms with Crippen molar-refractivity contribution in [1.82, 2.24) is 9.55 Å². The normalized spacial score (nSPS) is 14.2. The van der Waals surface area contributed by atoms with Crippen molar-refractivity contribution in [2.45, 2.75) is 18.9 Å². The zero-order chi connectivity index (χ0) is 15.1. The van der Waals surface area contributed by atoms with Gasteiger partial charge in [0.2, 0.25) is 5.95 Å². The molecule has 1 aliphatic rings. The van der Waals surface area contributed by atoms with E-state index in [1.54, 1.807) is 4.57 Å². The Morgan fingerprint density at radius 3 is 2.36 bits per heavy atom. The summed E-state index contributed by atoms with van der Waals surface area (Å²) < 4.78 is 1.70. The first kappa shape index (κ1) is 13.0. The molecule has 22 heavy (non-hydrogen) atoms. The Morgan fingerprint density at radius 1 is 1.05 bits per heavy atom. The van der Waals surface area contributed by atoms with Crippen LogP contribution in [0.25, 0.3) is 10.9 Å². The molecule has 3 aromatic rings. The monoisotopic (exact) mass is 292 g/mol. The largest absolute Gasteiger partial charge is 0.294 e. The molecule has 4 rings (SSSR count). The lowest BCUT2D eigenvalue weighted by Crippen LogP contribution is -2.30. The van der Waals surface area contributed by atoms with E-state index in [4.69, 9.17) is 5.84 Å². The summed E-state index contributed by atoms with van der Waals surface area (Å²) in [5.41, 5.74) is 5.77. The highest BCUT2D eigenvalue weighted by Gasteiger charge is 2.26. The Bertz CT molecular complexity index is 891. The van der Waals surface area contributed by atoms with Gasteiger partial charge in [0.25, 0.3) is 5.56 Å². The third-order valence-corrected chi connectivity index (χ3v) is 4.33. The Hall–Kier alpha value is -2.66. The maximum atomic E-state index is 12.9. The van der Waals surface area contributed by atoms with Crippen LogP contribution in [-0.4, -0.2) is 9.55 Å². The van der Waals surface area contributed by atoms with Gasteiger partial charge < -0.3 is 0 Å². The van der Waals surface area contributed by atoms with Crippen molar-refractivity contribution in [3.05, 3.63) is 70.0 Å². The SMILES string of the molecule is NNc1nc2ccccc2c(=O)n1C1Cc2ccccc2C1. The number of hydrazine groups is 1. The first-order valence-corrected chi connectivity index (χ1v) is 7.32. The minimum Gasteiger partial charge on any atom is -0.294 e. The fourth-order valence-corrected chi connectivity index (χ4v) is 3.30. The molecule has 0 bridgehead atoms. The van der Waals surface area contributed by atoms with E-state index in [1.165, 1.54) is 11.1 Å². The van der Waals surface area contributed by atoms with Crippen LogP contribution < -0.4 is 16.8 Å². The van der Waals surface area contributed by atoms with Crippen LogP contribution in [0.15, 0.2) is 53.3 Å². The molecule has 0 saturated heterocycles. The molecule has 0 spiro atoms. The smallest absolute Gasteiger partial charge is 0.263 e. The number of anilines is 1. The number of nitrogens with one attached hydrogen (secondary N) is 1. The first-order valence-electron chi connectivity index (χ1n) is 7.32. The molecule has 0 amide bonds. The number of rotatable bonds is 2. The van der Waals surface area contributed by atoms with Gasteiger partial charge in [-0.05, 0) is 36.1 Å². The molecule has 1 heterocycles. The molecule has 1 aliphatic carbocycles. The Morgan fingerprint density at radius 2 is 1.68 bits per heavy atom. The molecule has 0 atom stereocenters. The van der Waals surface area contributed by atoms with Crippen molar-refractivity contribution < 1.29 is 0 Å². The number of nitrogens with two attached hydrogens (primary N) is 1. The summed E-state index contributed by atoms with van der Waals surface area (Å²) in [6, 6.07) is 15.7. The lowest BCUT2D eigenvalue weighted by molar-refractivity contribution is 0.515. The van der Waals surface area contributed by atoms with Crippen LogP contribution >= 0.6 is 0 Å².